The molecule has 1 aromatic carbocycles. The van der Waals surface area contributed by atoms with E-state index in [2.05, 4.69) is 17.1 Å². The predicted octanol–water partition coefficient (Wildman–Crippen LogP) is 2.36. The van der Waals surface area contributed by atoms with E-state index < -0.39 is 0 Å². The summed E-state index contributed by atoms with van der Waals surface area (Å²) in [6, 6.07) is 10.3. The minimum Gasteiger partial charge on any atom is -0.375 e. The molecule has 0 aliphatic carbocycles. The fourth-order valence-electron chi connectivity index (χ4n) is 2.49. The fraction of sp³-hybridized carbons (Fsp3) is 0.286. The summed E-state index contributed by atoms with van der Waals surface area (Å²) in [5.74, 6) is 0.424. The maximum Gasteiger partial charge on any atom is 0.273 e. The Morgan fingerprint density at radius 1 is 1.37 bits per heavy atom. The second-order valence-electron chi connectivity index (χ2n) is 4.72. The molecule has 1 fully saturated rings. The number of nitrogens with zero attached hydrogens (tertiary/aromatic N) is 2. The number of anilines is 1. The average Bonchev–Trinajstić information content (AvgIpc) is 3.08. The van der Waals surface area contributed by atoms with Gasteiger partial charge in [0.05, 0.1) is 0 Å². The summed E-state index contributed by atoms with van der Waals surface area (Å²) in [6.45, 7) is 1.55. The molecule has 0 saturated carbocycles. The Balaban J connectivity index is 1.71. The lowest BCUT2D eigenvalue weighted by atomic mass is 9.99. The van der Waals surface area contributed by atoms with Crippen LogP contribution in [0.1, 0.15) is 28.4 Å². The smallest absolute Gasteiger partial charge is 0.273 e. The number of nitrogen functional groups attached to an aromatic ring is 1. The number of carbonyl (C=O) groups excluding carboxylic acids is 1. The van der Waals surface area contributed by atoms with Crippen LogP contribution in [0.25, 0.3) is 0 Å². The lowest BCUT2D eigenvalue weighted by Gasteiger charge is -2.15. The van der Waals surface area contributed by atoms with Crippen molar-refractivity contribution < 1.29 is 4.79 Å². The van der Waals surface area contributed by atoms with E-state index in [0.717, 1.165) is 19.5 Å². The molecular weight excluding hydrogens is 258 g/mol. The first-order valence-corrected chi connectivity index (χ1v) is 7.17. The monoisotopic (exact) mass is 273 g/mol. The van der Waals surface area contributed by atoms with Gasteiger partial charge < -0.3 is 10.6 Å². The van der Waals surface area contributed by atoms with Crippen LogP contribution in [-0.4, -0.2) is 28.9 Å². The third-order valence-corrected chi connectivity index (χ3v) is 4.16. The van der Waals surface area contributed by atoms with Crippen molar-refractivity contribution in [3.63, 3.8) is 0 Å². The summed E-state index contributed by atoms with van der Waals surface area (Å²) in [7, 11) is 0. The van der Waals surface area contributed by atoms with Gasteiger partial charge in [0.2, 0.25) is 0 Å². The molecule has 5 heteroatoms. The lowest BCUT2D eigenvalue weighted by molar-refractivity contribution is 0.0786. The lowest BCUT2D eigenvalue weighted by Crippen LogP contribution is -2.28. The van der Waals surface area contributed by atoms with Gasteiger partial charge in [-0.2, -0.15) is 0 Å². The summed E-state index contributed by atoms with van der Waals surface area (Å²) in [5.41, 5.74) is 7.34. The molecule has 1 amide bonds. The molecule has 2 heterocycles. The minimum atomic E-state index is -0.00798. The first-order valence-electron chi connectivity index (χ1n) is 6.29. The van der Waals surface area contributed by atoms with Gasteiger partial charge in [-0.1, -0.05) is 30.3 Å². The third-order valence-electron chi connectivity index (χ3n) is 3.49. The molecule has 2 aromatic rings. The van der Waals surface area contributed by atoms with Crippen LogP contribution in [0.2, 0.25) is 0 Å². The second kappa shape index (κ2) is 5.01. The second-order valence-corrected chi connectivity index (χ2v) is 5.61. The highest BCUT2D eigenvalue weighted by Gasteiger charge is 2.28. The van der Waals surface area contributed by atoms with E-state index in [0.29, 0.717) is 16.7 Å². The van der Waals surface area contributed by atoms with E-state index in [4.69, 9.17) is 5.73 Å². The number of likely N-dealkylation sites (tertiary alicyclic amines) is 1. The van der Waals surface area contributed by atoms with Crippen LogP contribution in [0.3, 0.4) is 0 Å². The van der Waals surface area contributed by atoms with E-state index in [1.807, 2.05) is 23.1 Å². The van der Waals surface area contributed by atoms with Crippen molar-refractivity contribution in [1.29, 1.82) is 0 Å². The summed E-state index contributed by atoms with van der Waals surface area (Å²) in [5, 5.41) is 2.18. The van der Waals surface area contributed by atoms with Crippen LogP contribution in [0.4, 0.5) is 5.13 Å². The number of hydrogen-bond acceptors (Lipinski definition) is 4. The number of benzene rings is 1. The molecule has 98 valence electrons. The Morgan fingerprint density at radius 2 is 2.16 bits per heavy atom. The molecule has 2 N–H and O–H groups in total. The summed E-state index contributed by atoms with van der Waals surface area (Å²) >= 11 is 1.31. The van der Waals surface area contributed by atoms with Gasteiger partial charge in [0.25, 0.3) is 5.91 Å². The molecule has 1 aromatic heterocycles. The van der Waals surface area contributed by atoms with Gasteiger partial charge in [-0.05, 0) is 12.0 Å². The molecule has 1 unspecified atom stereocenters. The van der Waals surface area contributed by atoms with Crippen molar-refractivity contribution in [3.05, 3.63) is 47.0 Å². The Kier molecular flexibility index (Phi) is 3.21. The minimum absolute atomic E-state index is 0.00798. The Morgan fingerprint density at radius 3 is 2.84 bits per heavy atom. The maximum atomic E-state index is 12.3. The van der Waals surface area contributed by atoms with Crippen molar-refractivity contribution in [2.24, 2.45) is 0 Å². The normalized spacial score (nSPS) is 18.7. The van der Waals surface area contributed by atoms with Gasteiger partial charge in [0.15, 0.2) is 5.13 Å². The fourth-order valence-corrected chi connectivity index (χ4v) is 3.03. The number of hydrogen-bond donors (Lipinski definition) is 1. The van der Waals surface area contributed by atoms with E-state index in [1.165, 1.54) is 16.9 Å². The van der Waals surface area contributed by atoms with Gasteiger partial charge >= 0.3 is 0 Å². The van der Waals surface area contributed by atoms with Gasteiger partial charge in [0, 0.05) is 24.4 Å². The number of aromatic nitrogens is 1. The Bertz CT molecular complexity index is 581. The topological polar surface area (TPSA) is 59.2 Å². The molecule has 1 atom stereocenters. The average molecular weight is 273 g/mol. The Hall–Kier alpha value is -1.88. The van der Waals surface area contributed by atoms with Crippen LogP contribution in [-0.2, 0) is 0 Å². The molecule has 0 bridgehead atoms. The summed E-state index contributed by atoms with van der Waals surface area (Å²) in [6.07, 6.45) is 1.01. The third kappa shape index (κ3) is 2.46. The maximum absolute atomic E-state index is 12.3. The number of carbonyl (C=O) groups is 1. The molecule has 4 nitrogen and oxygen atoms in total. The van der Waals surface area contributed by atoms with Gasteiger partial charge in [0.1, 0.15) is 5.69 Å². The van der Waals surface area contributed by atoms with Gasteiger partial charge in [-0.3, -0.25) is 4.79 Å². The van der Waals surface area contributed by atoms with Gasteiger partial charge in [-0.15, -0.1) is 11.3 Å². The first kappa shape index (κ1) is 12.2. The number of nitrogens with two attached hydrogens (primary N) is 1. The standard InChI is InChI=1S/C14H15N3OS/c15-14-16-12(9-19-14)13(18)17-7-6-11(8-17)10-4-2-1-3-5-10/h1-5,9,11H,6-8H2,(H2,15,16). The molecule has 1 aliphatic heterocycles. The molecule has 1 aliphatic rings. The van der Waals surface area contributed by atoms with E-state index in [-0.39, 0.29) is 5.91 Å². The molecule has 3 rings (SSSR count). The number of amides is 1. The van der Waals surface area contributed by atoms with E-state index in [9.17, 15) is 4.79 Å². The SMILES string of the molecule is Nc1nc(C(=O)N2CCC(c3ccccc3)C2)cs1. The molecule has 1 saturated heterocycles. The Labute approximate surface area is 115 Å². The summed E-state index contributed by atoms with van der Waals surface area (Å²) in [4.78, 5) is 18.2. The van der Waals surface area contributed by atoms with Gasteiger partial charge in [-0.25, -0.2) is 4.98 Å². The molecular formula is C14H15N3OS. The first-order chi connectivity index (χ1) is 9.24. The molecule has 19 heavy (non-hydrogen) atoms. The quantitative estimate of drug-likeness (QED) is 0.913. The molecule has 0 radical (unpaired) electrons. The largest absolute Gasteiger partial charge is 0.375 e. The van der Waals surface area contributed by atoms with Crippen molar-refractivity contribution in [3.8, 4) is 0 Å². The highest BCUT2D eigenvalue weighted by atomic mass is 32.1. The zero-order valence-electron chi connectivity index (χ0n) is 10.5. The highest BCUT2D eigenvalue weighted by Crippen LogP contribution is 2.28. The summed E-state index contributed by atoms with van der Waals surface area (Å²) < 4.78 is 0. The van der Waals surface area contributed by atoms with Crippen molar-refractivity contribution >= 4 is 22.4 Å². The van der Waals surface area contributed by atoms with E-state index in [1.54, 1.807) is 5.38 Å². The van der Waals surface area contributed by atoms with Crippen LogP contribution in [0.5, 0.6) is 0 Å². The van der Waals surface area contributed by atoms with Crippen molar-refractivity contribution in [2.45, 2.75) is 12.3 Å². The zero-order valence-corrected chi connectivity index (χ0v) is 11.3. The van der Waals surface area contributed by atoms with E-state index >= 15 is 0 Å². The van der Waals surface area contributed by atoms with Crippen LogP contribution >= 0.6 is 11.3 Å². The van der Waals surface area contributed by atoms with Crippen molar-refractivity contribution in [2.75, 3.05) is 18.8 Å². The zero-order chi connectivity index (χ0) is 13.2. The van der Waals surface area contributed by atoms with Crippen molar-refractivity contribution in [1.82, 2.24) is 9.88 Å². The highest BCUT2D eigenvalue weighted by molar-refractivity contribution is 7.13. The predicted molar refractivity (Wildman–Crippen MR) is 76.2 cm³/mol. The number of rotatable bonds is 2. The van der Waals surface area contributed by atoms with Crippen LogP contribution < -0.4 is 5.73 Å². The van der Waals surface area contributed by atoms with Crippen LogP contribution in [0.15, 0.2) is 35.7 Å². The number of thiazole rings is 1. The molecule has 0 spiro atoms. The van der Waals surface area contributed by atoms with Crippen LogP contribution in [0, 0.1) is 0 Å².